The fourth-order valence-electron chi connectivity index (χ4n) is 3.31. The third-order valence-electron chi connectivity index (χ3n) is 4.94. The van der Waals surface area contributed by atoms with Gasteiger partial charge in [0, 0.05) is 22.2 Å². The summed E-state index contributed by atoms with van der Waals surface area (Å²) in [5, 5.41) is 7.58. The highest BCUT2D eigenvalue weighted by Crippen LogP contribution is 2.33. The number of halogens is 1. The van der Waals surface area contributed by atoms with Crippen molar-refractivity contribution < 1.29 is 19.1 Å². The smallest absolute Gasteiger partial charge is 0.164 e. The summed E-state index contributed by atoms with van der Waals surface area (Å²) >= 11 is 6.29. The van der Waals surface area contributed by atoms with Gasteiger partial charge in [-0.05, 0) is 12.1 Å². The first-order valence-corrected chi connectivity index (χ1v) is 9.68. The van der Waals surface area contributed by atoms with Crippen LogP contribution in [0.5, 0.6) is 17.2 Å². The molecule has 2 aromatic carbocycles. The van der Waals surface area contributed by atoms with Gasteiger partial charge in [-0.3, -0.25) is 5.01 Å². The summed E-state index contributed by atoms with van der Waals surface area (Å²) in [6.07, 6.45) is 1.82. The molecule has 1 aliphatic heterocycles. The van der Waals surface area contributed by atoms with Gasteiger partial charge in [-0.15, -0.1) is 0 Å². The molecule has 0 bridgehead atoms. The van der Waals surface area contributed by atoms with Crippen molar-refractivity contribution in [2.24, 2.45) is 5.10 Å². The van der Waals surface area contributed by atoms with Crippen molar-refractivity contribution in [3.8, 4) is 17.2 Å². The van der Waals surface area contributed by atoms with Gasteiger partial charge in [-0.2, -0.15) is 5.10 Å². The molecule has 1 N–H and O–H groups in total. The number of hydrogen-bond acceptors (Lipinski definition) is 5. The third kappa shape index (κ3) is 4.88. The molecule has 0 amide bonds. The number of hydrazone groups is 1. The van der Waals surface area contributed by atoms with Crippen LogP contribution in [0.3, 0.4) is 0 Å². The quantitative estimate of drug-likeness (QED) is 0.718. The Hall–Kier alpha value is -2.44. The van der Waals surface area contributed by atoms with Crippen LogP contribution < -0.4 is 19.1 Å². The van der Waals surface area contributed by atoms with Gasteiger partial charge in [0.05, 0.1) is 53.7 Å². The van der Waals surface area contributed by atoms with Crippen LogP contribution >= 0.6 is 11.6 Å². The van der Waals surface area contributed by atoms with Crippen LogP contribution in [-0.2, 0) is 6.54 Å². The van der Waals surface area contributed by atoms with E-state index in [1.54, 1.807) is 21.3 Å². The number of ether oxygens (including phenoxy) is 3. The van der Waals surface area contributed by atoms with E-state index >= 15 is 0 Å². The molecule has 150 valence electrons. The third-order valence-corrected chi connectivity index (χ3v) is 5.31. The Kier molecular flexibility index (Phi) is 7.01. The van der Waals surface area contributed by atoms with E-state index in [0.717, 1.165) is 43.3 Å². The second kappa shape index (κ2) is 9.66. The Labute approximate surface area is 171 Å². The Morgan fingerprint density at radius 2 is 1.64 bits per heavy atom. The molecule has 1 fully saturated rings. The van der Waals surface area contributed by atoms with Crippen molar-refractivity contribution in [1.82, 2.24) is 5.01 Å². The lowest BCUT2D eigenvalue weighted by atomic mass is 10.2. The molecule has 1 aliphatic rings. The molecule has 1 heterocycles. The first-order chi connectivity index (χ1) is 13.6. The molecule has 28 heavy (non-hydrogen) atoms. The van der Waals surface area contributed by atoms with E-state index in [1.165, 1.54) is 10.5 Å². The number of methoxy groups -OCH3 is 3. The van der Waals surface area contributed by atoms with E-state index in [-0.39, 0.29) is 0 Å². The summed E-state index contributed by atoms with van der Waals surface area (Å²) in [6, 6.07) is 11.7. The van der Waals surface area contributed by atoms with Crippen molar-refractivity contribution in [1.29, 1.82) is 0 Å². The largest absolute Gasteiger partial charge is 0.496 e. The van der Waals surface area contributed by atoms with E-state index < -0.39 is 0 Å². The molecule has 6 nitrogen and oxygen atoms in total. The molecule has 0 saturated carbocycles. The fourth-order valence-corrected chi connectivity index (χ4v) is 3.51. The van der Waals surface area contributed by atoms with E-state index in [2.05, 4.69) is 16.2 Å². The number of nitrogens with one attached hydrogen (secondary N) is 1. The highest BCUT2D eigenvalue weighted by Gasteiger charge is 2.20. The van der Waals surface area contributed by atoms with Crippen molar-refractivity contribution >= 4 is 17.8 Å². The van der Waals surface area contributed by atoms with Crippen LogP contribution in [0.15, 0.2) is 41.5 Å². The Morgan fingerprint density at radius 1 is 1.00 bits per heavy atom. The van der Waals surface area contributed by atoms with Gasteiger partial charge in [0.2, 0.25) is 0 Å². The second-order valence-electron chi connectivity index (χ2n) is 6.67. The lowest BCUT2D eigenvalue weighted by molar-refractivity contribution is -0.918. The van der Waals surface area contributed by atoms with Gasteiger partial charge in [0.1, 0.15) is 12.3 Å². The maximum absolute atomic E-state index is 6.29. The zero-order valence-corrected chi connectivity index (χ0v) is 17.3. The van der Waals surface area contributed by atoms with Crippen molar-refractivity contribution in [2.75, 3.05) is 47.5 Å². The Balaban J connectivity index is 1.61. The Morgan fingerprint density at radius 3 is 2.29 bits per heavy atom. The normalized spacial score (nSPS) is 15.1. The molecule has 0 aliphatic carbocycles. The SMILES string of the molecule is COc1cc(OC)c(OC)cc1C=NN1CC[NH+](Cc2ccccc2Cl)CC1. The highest BCUT2D eigenvalue weighted by atomic mass is 35.5. The minimum atomic E-state index is 0.633. The number of rotatable bonds is 7. The predicted molar refractivity (Wildman–Crippen MR) is 111 cm³/mol. The number of quaternary nitrogens is 1. The lowest BCUT2D eigenvalue weighted by Gasteiger charge is -2.30. The van der Waals surface area contributed by atoms with Crippen molar-refractivity contribution in [3.63, 3.8) is 0 Å². The highest BCUT2D eigenvalue weighted by molar-refractivity contribution is 6.31. The van der Waals surface area contributed by atoms with Gasteiger partial charge < -0.3 is 19.1 Å². The van der Waals surface area contributed by atoms with Crippen LogP contribution in [0.1, 0.15) is 11.1 Å². The van der Waals surface area contributed by atoms with Crippen LogP contribution in [-0.4, -0.2) is 58.7 Å². The van der Waals surface area contributed by atoms with E-state index in [4.69, 9.17) is 25.8 Å². The molecular formula is C21H27ClN3O3+. The maximum Gasteiger partial charge on any atom is 0.164 e. The van der Waals surface area contributed by atoms with Crippen LogP contribution in [0.25, 0.3) is 0 Å². The van der Waals surface area contributed by atoms with Crippen LogP contribution in [0.2, 0.25) is 5.02 Å². The summed E-state index contributed by atoms with van der Waals surface area (Å²) in [4.78, 5) is 1.52. The topological polar surface area (TPSA) is 47.7 Å². The summed E-state index contributed by atoms with van der Waals surface area (Å²) < 4.78 is 16.2. The summed E-state index contributed by atoms with van der Waals surface area (Å²) in [5.74, 6) is 1.98. The summed E-state index contributed by atoms with van der Waals surface area (Å²) in [5.41, 5.74) is 2.05. The number of nitrogens with zero attached hydrogens (tertiary/aromatic N) is 2. The average molecular weight is 405 g/mol. The van der Waals surface area contributed by atoms with Gasteiger partial charge in [0.15, 0.2) is 11.5 Å². The van der Waals surface area contributed by atoms with Crippen LogP contribution in [0, 0.1) is 0 Å². The van der Waals surface area contributed by atoms with E-state index in [0.29, 0.717) is 17.2 Å². The number of hydrogen-bond donors (Lipinski definition) is 1. The Bertz CT molecular complexity index is 821. The minimum absolute atomic E-state index is 0.633. The average Bonchev–Trinajstić information content (AvgIpc) is 2.74. The number of piperazine rings is 1. The molecule has 0 unspecified atom stereocenters. The second-order valence-corrected chi connectivity index (χ2v) is 7.07. The maximum atomic E-state index is 6.29. The van der Waals surface area contributed by atoms with Gasteiger partial charge in [-0.25, -0.2) is 0 Å². The van der Waals surface area contributed by atoms with E-state index in [1.807, 2.05) is 36.5 Å². The minimum Gasteiger partial charge on any atom is -0.496 e. The standard InChI is InChI=1S/C21H26ClN3O3/c1-26-19-13-21(28-3)20(27-2)12-17(19)14-23-25-10-8-24(9-11-25)15-16-6-4-5-7-18(16)22/h4-7,12-14H,8-11,15H2,1-3H3/p+1. The zero-order valence-electron chi connectivity index (χ0n) is 16.6. The van der Waals surface area contributed by atoms with Gasteiger partial charge in [-0.1, -0.05) is 29.8 Å². The molecule has 1 saturated heterocycles. The summed E-state index contributed by atoms with van der Waals surface area (Å²) in [7, 11) is 4.86. The molecule has 0 atom stereocenters. The molecule has 0 aromatic heterocycles. The summed E-state index contributed by atoms with van der Waals surface area (Å²) in [6.45, 7) is 4.77. The monoisotopic (exact) mass is 404 g/mol. The zero-order chi connectivity index (χ0) is 19.9. The molecule has 0 radical (unpaired) electrons. The predicted octanol–water partition coefficient (Wildman–Crippen LogP) is 2.10. The van der Waals surface area contributed by atoms with Crippen LogP contribution in [0.4, 0.5) is 0 Å². The molecular weight excluding hydrogens is 378 g/mol. The fraction of sp³-hybridized carbons (Fsp3) is 0.381. The molecule has 3 rings (SSSR count). The van der Waals surface area contributed by atoms with Gasteiger partial charge >= 0.3 is 0 Å². The first-order valence-electron chi connectivity index (χ1n) is 9.30. The first kappa shape index (κ1) is 20.3. The van der Waals surface area contributed by atoms with Crippen molar-refractivity contribution in [3.05, 3.63) is 52.5 Å². The molecule has 7 heteroatoms. The van der Waals surface area contributed by atoms with Gasteiger partial charge in [0.25, 0.3) is 0 Å². The van der Waals surface area contributed by atoms with E-state index in [9.17, 15) is 0 Å². The lowest BCUT2D eigenvalue weighted by Crippen LogP contribution is -3.13. The van der Waals surface area contributed by atoms with Crippen molar-refractivity contribution in [2.45, 2.75) is 6.54 Å². The molecule has 2 aromatic rings. The number of benzene rings is 2. The molecule has 0 spiro atoms.